The van der Waals surface area contributed by atoms with Gasteiger partial charge in [0.25, 0.3) is 0 Å². The number of aromatic nitrogens is 2. The summed E-state index contributed by atoms with van der Waals surface area (Å²) in [5, 5.41) is 6.43. The second-order valence-corrected chi connectivity index (χ2v) is 4.66. The molecular formula is C12H21N5O. The third-order valence-electron chi connectivity index (χ3n) is 2.81. The van der Waals surface area contributed by atoms with Crippen LogP contribution in [0.15, 0.2) is 12.4 Å². The molecule has 0 aromatic carbocycles. The molecule has 6 heteroatoms. The lowest BCUT2D eigenvalue weighted by Crippen LogP contribution is -2.25. The molecule has 1 aliphatic rings. The molecule has 0 saturated carbocycles. The van der Waals surface area contributed by atoms with Gasteiger partial charge in [-0.25, -0.2) is 9.97 Å². The van der Waals surface area contributed by atoms with Crippen LogP contribution in [0.5, 0.6) is 0 Å². The Morgan fingerprint density at radius 1 is 1.44 bits per heavy atom. The number of hydrogen-bond acceptors (Lipinski definition) is 6. The lowest BCUT2D eigenvalue weighted by Gasteiger charge is -2.12. The van der Waals surface area contributed by atoms with Gasteiger partial charge in [-0.3, -0.25) is 0 Å². The van der Waals surface area contributed by atoms with Crippen LogP contribution >= 0.6 is 0 Å². The fourth-order valence-corrected chi connectivity index (χ4v) is 1.84. The summed E-state index contributed by atoms with van der Waals surface area (Å²) in [6.07, 6.45) is 4.12. The molecule has 0 aliphatic carbocycles. The normalized spacial score (nSPS) is 20.7. The van der Waals surface area contributed by atoms with E-state index < -0.39 is 0 Å². The van der Waals surface area contributed by atoms with E-state index in [2.05, 4.69) is 20.6 Å². The van der Waals surface area contributed by atoms with Crippen molar-refractivity contribution in [2.45, 2.75) is 31.9 Å². The minimum absolute atomic E-state index is 0.100. The van der Waals surface area contributed by atoms with Crippen LogP contribution in [0, 0.1) is 0 Å². The third-order valence-corrected chi connectivity index (χ3v) is 2.81. The van der Waals surface area contributed by atoms with E-state index >= 15 is 0 Å². The maximum absolute atomic E-state index is 5.68. The largest absolute Gasteiger partial charge is 0.376 e. The SMILES string of the molecule is CC(N)CNc1cc(NCC2CCCO2)ncn1. The zero-order valence-electron chi connectivity index (χ0n) is 10.7. The van der Waals surface area contributed by atoms with Gasteiger partial charge in [-0.15, -0.1) is 0 Å². The highest BCUT2D eigenvalue weighted by atomic mass is 16.5. The van der Waals surface area contributed by atoms with Gasteiger partial charge in [0.2, 0.25) is 0 Å². The minimum atomic E-state index is 0.100. The highest BCUT2D eigenvalue weighted by molar-refractivity contribution is 5.46. The second kappa shape index (κ2) is 6.51. The van der Waals surface area contributed by atoms with Gasteiger partial charge in [-0.05, 0) is 19.8 Å². The highest BCUT2D eigenvalue weighted by Gasteiger charge is 2.14. The van der Waals surface area contributed by atoms with Gasteiger partial charge in [0.05, 0.1) is 6.10 Å². The predicted molar refractivity (Wildman–Crippen MR) is 71.6 cm³/mol. The molecule has 1 aromatic heterocycles. The topological polar surface area (TPSA) is 85.1 Å². The Kier molecular flexibility index (Phi) is 4.72. The molecule has 18 heavy (non-hydrogen) atoms. The van der Waals surface area contributed by atoms with Gasteiger partial charge in [0.15, 0.2) is 0 Å². The van der Waals surface area contributed by atoms with Crippen LogP contribution in [0.2, 0.25) is 0 Å². The molecule has 4 N–H and O–H groups in total. The van der Waals surface area contributed by atoms with E-state index in [1.54, 1.807) is 6.33 Å². The lowest BCUT2D eigenvalue weighted by molar-refractivity contribution is 0.120. The fourth-order valence-electron chi connectivity index (χ4n) is 1.84. The minimum Gasteiger partial charge on any atom is -0.376 e. The smallest absolute Gasteiger partial charge is 0.131 e. The Morgan fingerprint density at radius 3 is 2.89 bits per heavy atom. The molecular weight excluding hydrogens is 230 g/mol. The van der Waals surface area contributed by atoms with Crippen LogP contribution in [0.3, 0.4) is 0 Å². The Labute approximate surface area is 107 Å². The first-order valence-electron chi connectivity index (χ1n) is 6.41. The van der Waals surface area contributed by atoms with Gasteiger partial charge in [0.1, 0.15) is 18.0 Å². The zero-order valence-corrected chi connectivity index (χ0v) is 10.7. The van der Waals surface area contributed by atoms with Gasteiger partial charge in [-0.2, -0.15) is 0 Å². The average Bonchev–Trinajstić information content (AvgIpc) is 2.87. The van der Waals surface area contributed by atoms with E-state index in [1.807, 2.05) is 13.0 Å². The third kappa shape index (κ3) is 4.12. The van der Waals surface area contributed by atoms with Crippen molar-refractivity contribution in [3.63, 3.8) is 0 Å². The van der Waals surface area contributed by atoms with Crippen molar-refractivity contribution in [3.8, 4) is 0 Å². The van der Waals surface area contributed by atoms with Crippen molar-refractivity contribution in [2.24, 2.45) is 5.73 Å². The first-order valence-corrected chi connectivity index (χ1v) is 6.41. The molecule has 0 radical (unpaired) electrons. The molecule has 2 rings (SSSR count). The lowest BCUT2D eigenvalue weighted by atomic mass is 10.2. The van der Waals surface area contributed by atoms with Crippen molar-refractivity contribution in [2.75, 3.05) is 30.3 Å². The molecule has 1 fully saturated rings. The van der Waals surface area contributed by atoms with Crippen molar-refractivity contribution in [1.29, 1.82) is 0 Å². The van der Waals surface area contributed by atoms with Crippen molar-refractivity contribution >= 4 is 11.6 Å². The molecule has 0 spiro atoms. The first-order chi connectivity index (χ1) is 8.74. The van der Waals surface area contributed by atoms with E-state index in [1.165, 1.54) is 0 Å². The quantitative estimate of drug-likeness (QED) is 0.694. The fraction of sp³-hybridized carbons (Fsp3) is 0.667. The molecule has 0 amide bonds. The summed E-state index contributed by atoms with van der Waals surface area (Å²) in [6, 6.07) is 1.99. The van der Waals surface area contributed by atoms with Crippen molar-refractivity contribution in [1.82, 2.24) is 9.97 Å². The predicted octanol–water partition coefficient (Wildman–Crippen LogP) is 0.827. The summed E-state index contributed by atoms with van der Waals surface area (Å²) in [5.74, 6) is 1.60. The Hall–Kier alpha value is -1.40. The second-order valence-electron chi connectivity index (χ2n) is 4.66. The molecule has 1 aromatic rings. The number of nitrogens with two attached hydrogens (primary N) is 1. The van der Waals surface area contributed by atoms with Crippen LogP contribution in [-0.2, 0) is 4.74 Å². The Morgan fingerprint density at radius 2 is 2.22 bits per heavy atom. The molecule has 1 saturated heterocycles. The number of nitrogens with one attached hydrogen (secondary N) is 2. The summed E-state index contributed by atoms with van der Waals surface area (Å²) in [7, 11) is 0. The van der Waals surface area contributed by atoms with Crippen LogP contribution < -0.4 is 16.4 Å². The summed E-state index contributed by atoms with van der Waals surface area (Å²) < 4.78 is 5.55. The molecule has 2 heterocycles. The molecule has 2 atom stereocenters. The molecule has 1 aliphatic heterocycles. The number of rotatable bonds is 6. The molecule has 0 bridgehead atoms. The summed E-state index contributed by atoms with van der Waals surface area (Å²) in [4.78, 5) is 8.32. The summed E-state index contributed by atoms with van der Waals surface area (Å²) in [5.41, 5.74) is 5.68. The average molecular weight is 251 g/mol. The van der Waals surface area contributed by atoms with Gasteiger partial charge >= 0.3 is 0 Å². The van der Waals surface area contributed by atoms with Gasteiger partial charge in [-0.1, -0.05) is 0 Å². The van der Waals surface area contributed by atoms with E-state index in [4.69, 9.17) is 10.5 Å². The van der Waals surface area contributed by atoms with Crippen molar-refractivity contribution < 1.29 is 4.74 Å². The van der Waals surface area contributed by atoms with E-state index in [9.17, 15) is 0 Å². The summed E-state index contributed by atoms with van der Waals surface area (Å²) in [6.45, 7) is 4.31. The molecule has 2 unspecified atom stereocenters. The molecule has 100 valence electrons. The van der Waals surface area contributed by atoms with Crippen LogP contribution in [-0.4, -0.2) is 41.8 Å². The first kappa shape index (κ1) is 13.0. The van der Waals surface area contributed by atoms with E-state index in [0.717, 1.165) is 37.6 Å². The van der Waals surface area contributed by atoms with Crippen molar-refractivity contribution in [3.05, 3.63) is 12.4 Å². The monoisotopic (exact) mass is 251 g/mol. The number of anilines is 2. The van der Waals surface area contributed by atoms with Crippen LogP contribution in [0.25, 0.3) is 0 Å². The standard InChI is InChI=1S/C12H21N5O/c1-9(13)6-14-11-5-12(17-8-16-11)15-7-10-3-2-4-18-10/h5,8-10H,2-4,6-7,13H2,1H3,(H2,14,15,16,17). The maximum atomic E-state index is 5.68. The van der Waals surface area contributed by atoms with Crippen LogP contribution in [0.1, 0.15) is 19.8 Å². The summed E-state index contributed by atoms with van der Waals surface area (Å²) >= 11 is 0. The van der Waals surface area contributed by atoms with E-state index in [-0.39, 0.29) is 6.04 Å². The van der Waals surface area contributed by atoms with Gasteiger partial charge in [0, 0.05) is 31.8 Å². The zero-order chi connectivity index (χ0) is 12.8. The Balaban J connectivity index is 1.82. The van der Waals surface area contributed by atoms with E-state index in [0.29, 0.717) is 12.6 Å². The van der Waals surface area contributed by atoms with Gasteiger partial charge < -0.3 is 21.1 Å². The molecule has 6 nitrogen and oxygen atoms in total. The maximum Gasteiger partial charge on any atom is 0.131 e. The number of ether oxygens (including phenoxy) is 1. The number of hydrogen-bond donors (Lipinski definition) is 3. The highest BCUT2D eigenvalue weighted by Crippen LogP contribution is 2.14. The number of nitrogens with zero attached hydrogens (tertiary/aromatic N) is 2. The Bertz CT molecular complexity index is 365. The van der Waals surface area contributed by atoms with Crippen LogP contribution in [0.4, 0.5) is 11.6 Å².